The Morgan fingerprint density at radius 3 is 2.00 bits per heavy atom. The zero-order valence-electron chi connectivity index (χ0n) is 2.89. The van der Waals surface area contributed by atoms with Gasteiger partial charge in [0.1, 0.15) is 0 Å². The molecule has 0 fully saturated rings. The molecule has 0 aromatic rings. The van der Waals surface area contributed by atoms with E-state index in [1.807, 2.05) is 0 Å². The summed E-state index contributed by atoms with van der Waals surface area (Å²) in [4.78, 5) is 1.75. The zero-order valence-corrected chi connectivity index (χ0v) is 3.46. The molecule has 0 spiro atoms. The minimum Gasteiger partial charge on any atom is -1.00 e. The molecule has 0 amide bonds. The van der Waals surface area contributed by atoms with E-state index in [1.165, 1.54) is 0 Å². The Morgan fingerprint density at radius 1 is 2.00 bits per heavy atom. The number of nitrogens with one attached hydrogen (secondary N) is 1. The Morgan fingerprint density at radius 2 is 2.00 bits per heavy atom. The summed E-state index contributed by atoms with van der Waals surface area (Å²) in [6.45, 7) is 0. The van der Waals surface area contributed by atoms with Crippen LogP contribution in [0, 0.1) is 5.53 Å². The molecule has 0 aliphatic rings. The first-order valence-electron chi connectivity index (χ1n) is 0.424. The van der Waals surface area contributed by atoms with Crippen LogP contribution in [0.5, 0.6) is 0 Å². The van der Waals surface area contributed by atoms with Crippen LogP contribution in [-0.2, 0) is 21.7 Å². The van der Waals surface area contributed by atoms with Crippen LogP contribution in [0.2, 0.25) is 0 Å². The van der Waals surface area contributed by atoms with E-state index in [0.717, 1.165) is 0 Å². The molecule has 4 heteroatoms. The second kappa shape index (κ2) is 11.8. The first-order valence-corrected chi connectivity index (χ1v) is 0.424. The van der Waals surface area contributed by atoms with Crippen LogP contribution in [0.1, 0.15) is 1.43 Å². The van der Waals surface area contributed by atoms with Crippen molar-refractivity contribution in [3.05, 3.63) is 10.4 Å². The van der Waals surface area contributed by atoms with Crippen LogP contribution in [0.3, 0.4) is 0 Å². The second-order valence-electron chi connectivity index (χ2n) is 0.100. The van der Waals surface area contributed by atoms with Crippen molar-refractivity contribution in [2.24, 2.45) is 0 Å². The average molecular weight is 91.9 g/mol. The fourth-order valence-electron chi connectivity index (χ4n) is 0. The van der Waals surface area contributed by atoms with E-state index in [0.29, 0.717) is 0 Å². The maximum Gasteiger partial charge on any atom is 0 e. The van der Waals surface area contributed by atoms with Crippen LogP contribution in [-0.4, -0.2) is 0 Å². The quantitative estimate of drug-likeness (QED) is 0.200. The van der Waals surface area contributed by atoms with Crippen molar-refractivity contribution in [1.82, 2.24) is 0 Å². The predicted molar refractivity (Wildman–Crippen MR) is 10.5 cm³/mol. The van der Waals surface area contributed by atoms with Gasteiger partial charge in [0.25, 0.3) is 0 Å². The van der Waals surface area contributed by atoms with E-state index in [4.69, 9.17) is 11.1 Å². The van der Waals surface area contributed by atoms with Crippen LogP contribution in [0.15, 0.2) is 0 Å². The third kappa shape index (κ3) is 3600. The molecule has 0 heterocycles. The van der Waals surface area contributed by atoms with Gasteiger partial charge in [0.05, 0.1) is 0 Å². The zero-order chi connectivity index (χ0) is 2.71. The maximum atomic E-state index is 6.86. The fourth-order valence-corrected chi connectivity index (χ4v) is 0. The first kappa shape index (κ1) is 8.98. The molecule has 3 nitrogen and oxygen atoms in total. The number of rotatable bonds is 0. The third-order valence-electron chi connectivity index (χ3n) is 0. The van der Waals surface area contributed by atoms with Gasteiger partial charge >= 0.3 is 0 Å². The Hall–Kier alpha value is 0.0243. The molecule has 0 radical (unpaired) electrons. The minimum absolute atomic E-state index is 0. The Balaban J connectivity index is -0.0000000200. The topological polar surface area (TPSA) is 60.3 Å². The van der Waals surface area contributed by atoms with Gasteiger partial charge in [-0.1, -0.05) is 0 Å². The van der Waals surface area contributed by atoms with Gasteiger partial charge in [0.15, 0.2) is 0 Å². The standard InChI is InChI=1S/HN3.Ti.H/c1-3-2;;/h1H;;/q;;-1. The monoisotopic (exact) mass is 92.0 g/mol. The van der Waals surface area contributed by atoms with Crippen LogP contribution in [0.4, 0.5) is 0 Å². The molecule has 0 aromatic heterocycles. The van der Waals surface area contributed by atoms with Crippen molar-refractivity contribution in [1.29, 1.82) is 5.53 Å². The normalized spacial score (nSPS) is 2.00. The van der Waals surface area contributed by atoms with Crippen molar-refractivity contribution < 1.29 is 23.1 Å². The van der Waals surface area contributed by atoms with Crippen molar-refractivity contribution in [2.75, 3.05) is 0 Å². The van der Waals surface area contributed by atoms with Crippen molar-refractivity contribution in [3.63, 3.8) is 0 Å². The molecule has 0 unspecified atom stereocenters. The Bertz CT molecular complexity index is 27.9. The van der Waals surface area contributed by atoms with Crippen LogP contribution >= 0.6 is 0 Å². The summed E-state index contributed by atoms with van der Waals surface area (Å²) in [6.07, 6.45) is 0. The Labute approximate surface area is 39.8 Å². The summed E-state index contributed by atoms with van der Waals surface area (Å²) < 4.78 is 0. The smallest absolute Gasteiger partial charge is 0 e. The minimum atomic E-state index is 0. The van der Waals surface area contributed by atoms with E-state index < -0.39 is 0 Å². The van der Waals surface area contributed by atoms with Crippen LogP contribution in [0.25, 0.3) is 10.4 Å². The molecule has 0 aliphatic carbocycles. The molecule has 0 aromatic carbocycles. The van der Waals surface area contributed by atoms with Crippen molar-refractivity contribution >= 4 is 0 Å². The number of hydrogen-bond donors (Lipinski definition) is 1. The fraction of sp³-hybridized carbons (Fsp3) is 0. The summed E-state index contributed by atoms with van der Waals surface area (Å²) in [6, 6.07) is 0. The molecule has 4 heavy (non-hydrogen) atoms. The summed E-state index contributed by atoms with van der Waals surface area (Å²) in [7, 11) is 0. The maximum absolute atomic E-state index is 6.86. The van der Waals surface area contributed by atoms with Gasteiger partial charge in [-0.15, -0.1) is 5.53 Å². The SMILES string of the molecule is [H-].[N-]=[N+]=N.[Ti]. The van der Waals surface area contributed by atoms with E-state index in [2.05, 4.69) is 0 Å². The van der Waals surface area contributed by atoms with Gasteiger partial charge in [0, 0.05) is 21.7 Å². The van der Waals surface area contributed by atoms with E-state index >= 15 is 0 Å². The number of nitrogens with zero attached hydrogens (tertiary/aromatic N) is 2. The number of hydrogen-bond acceptors (Lipinski definition) is 1. The first-order chi connectivity index (χ1) is 1.41. The van der Waals surface area contributed by atoms with Crippen LogP contribution < -0.4 is 0 Å². The second-order valence-corrected chi connectivity index (χ2v) is 0.100. The largest absolute Gasteiger partial charge is 1.00 e. The molecule has 0 saturated carbocycles. The molecule has 0 atom stereocenters. The summed E-state index contributed by atoms with van der Waals surface area (Å²) in [5.74, 6) is 0. The third-order valence-corrected chi connectivity index (χ3v) is 0. The Kier molecular flexibility index (Phi) is 26.5. The van der Waals surface area contributed by atoms with E-state index in [9.17, 15) is 0 Å². The van der Waals surface area contributed by atoms with Gasteiger partial charge in [0.2, 0.25) is 0 Å². The van der Waals surface area contributed by atoms with Gasteiger partial charge in [-0.2, -0.15) is 0 Å². The molecule has 22 valence electrons. The van der Waals surface area contributed by atoms with Crippen molar-refractivity contribution in [3.8, 4) is 0 Å². The molecular formula is H2N3Ti-. The van der Waals surface area contributed by atoms with E-state index in [-0.39, 0.29) is 23.1 Å². The molecule has 0 rings (SSSR count). The predicted octanol–water partition coefficient (Wildman–Crippen LogP) is 0.985. The van der Waals surface area contributed by atoms with E-state index in [1.54, 1.807) is 4.91 Å². The van der Waals surface area contributed by atoms with Gasteiger partial charge < -0.3 is 1.43 Å². The van der Waals surface area contributed by atoms with Gasteiger partial charge in [-0.25, -0.2) is 0 Å². The van der Waals surface area contributed by atoms with Gasteiger partial charge in [-0.05, 0) is 10.4 Å². The van der Waals surface area contributed by atoms with Gasteiger partial charge in [-0.3, -0.25) is 0 Å². The summed E-state index contributed by atoms with van der Waals surface area (Å²) in [5, 5.41) is 0. The molecule has 0 aliphatic heterocycles. The average Bonchev–Trinajstić information content (AvgIpc) is 0.918. The van der Waals surface area contributed by atoms with Crippen molar-refractivity contribution in [2.45, 2.75) is 0 Å². The molecule has 0 saturated heterocycles. The summed E-state index contributed by atoms with van der Waals surface area (Å²) in [5.41, 5.74) is 12.2. The molecular weight excluding hydrogens is 89.9 g/mol. The molecule has 0 bridgehead atoms. The molecule has 1 N–H and O–H groups in total. The summed E-state index contributed by atoms with van der Waals surface area (Å²) >= 11 is 0.